The van der Waals surface area contributed by atoms with Gasteiger partial charge in [0, 0.05) is 12.2 Å². The molecule has 0 spiro atoms. The van der Waals surface area contributed by atoms with Gasteiger partial charge in [-0.1, -0.05) is 0 Å². The number of hydrogen-bond donors (Lipinski definition) is 3. The van der Waals surface area contributed by atoms with E-state index in [1.807, 2.05) is 4.72 Å². The number of halogens is 1. The van der Waals surface area contributed by atoms with Gasteiger partial charge < -0.3 is 11.1 Å². The molecule has 0 unspecified atom stereocenters. The van der Waals surface area contributed by atoms with Crippen LogP contribution in [0.25, 0.3) is 0 Å². The predicted octanol–water partition coefficient (Wildman–Crippen LogP) is 1.12. The van der Waals surface area contributed by atoms with Crippen LogP contribution in [0.4, 0.5) is 15.8 Å². The molecule has 8 heteroatoms. The number of sulfonamides is 1. The van der Waals surface area contributed by atoms with Crippen LogP contribution in [-0.2, 0) is 14.8 Å². The van der Waals surface area contributed by atoms with Crippen molar-refractivity contribution in [3.63, 3.8) is 0 Å². The van der Waals surface area contributed by atoms with Gasteiger partial charge in [0.05, 0.1) is 17.4 Å². The second kappa shape index (κ2) is 5.76. The predicted molar refractivity (Wildman–Crippen MR) is 76.3 cm³/mol. The number of amides is 1. The van der Waals surface area contributed by atoms with E-state index in [0.717, 1.165) is 12.3 Å². The Labute approximate surface area is 117 Å². The number of rotatable bonds is 5. The molecule has 1 rings (SSSR count). The highest BCUT2D eigenvalue weighted by Crippen LogP contribution is 2.22. The van der Waals surface area contributed by atoms with Crippen molar-refractivity contribution < 1.29 is 17.6 Å². The molecule has 20 heavy (non-hydrogen) atoms. The van der Waals surface area contributed by atoms with Crippen molar-refractivity contribution in [2.75, 3.05) is 22.8 Å². The van der Waals surface area contributed by atoms with Crippen LogP contribution in [0.3, 0.4) is 0 Å². The average molecular weight is 303 g/mol. The Morgan fingerprint density at radius 3 is 2.50 bits per heavy atom. The van der Waals surface area contributed by atoms with Gasteiger partial charge in [0.2, 0.25) is 15.9 Å². The number of nitrogens with one attached hydrogen (secondary N) is 2. The molecular formula is C12H18FN3O3S. The van der Waals surface area contributed by atoms with Gasteiger partial charge in [-0.15, -0.1) is 0 Å². The summed E-state index contributed by atoms with van der Waals surface area (Å²) in [5.41, 5.74) is 4.76. The topological polar surface area (TPSA) is 101 Å². The van der Waals surface area contributed by atoms with Gasteiger partial charge in [0.15, 0.2) is 0 Å². The number of carbonyl (C=O) groups excluding carboxylic acids is 1. The summed E-state index contributed by atoms with van der Waals surface area (Å²) >= 11 is 0. The molecule has 0 atom stereocenters. The summed E-state index contributed by atoms with van der Waals surface area (Å²) in [7, 11) is -3.60. The van der Waals surface area contributed by atoms with E-state index in [1.165, 1.54) is 12.1 Å². The Morgan fingerprint density at radius 2 is 2.00 bits per heavy atom. The van der Waals surface area contributed by atoms with Gasteiger partial charge in [-0.05, 0) is 32.0 Å². The highest BCUT2D eigenvalue weighted by molar-refractivity contribution is 7.92. The number of hydrogen-bond acceptors (Lipinski definition) is 4. The molecule has 112 valence electrons. The molecule has 1 aromatic carbocycles. The van der Waals surface area contributed by atoms with Crippen molar-refractivity contribution in [2.24, 2.45) is 11.1 Å². The van der Waals surface area contributed by atoms with Crippen molar-refractivity contribution in [2.45, 2.75) is 13.8 Å². The van der Waals surface area contributed by atoms with Crippen molar-refractivity contribution in [1.29, 1.82) is 0 Å². The van der Waals surface area contributed by atoms with Crippen molar-refractivity contribution in [3.05, 3.63) is 24.0 Å². The van der Waals surface area contributed by atoms with Crippen LogP contribution in [0.15, 0.2) is 18.2 Å². The van der Waals surface area contributed by atoms with Crippen LogP contribution in [0, 0.1) is 11.2 Å². The van der Waals surface area contributed by atoms with Gasteiger partial charge >= 0.3 is 0 Å². The Bertz CT molecular complexity index is 614. The molecule has 0 aliphatic rings. The maximum atomic E-state index is 13.5. The largest absolute Gasteiger partial charge is 0.329 e. The number of carbonyl (C=O) groups is 1. The summed E-state index contributed by atoms with van der Waals surface area (Å²) in [6.07, 6.45) is 0.912. The van der Waals surface area contributed by atoms with Crippen molar-refractivity contribution >= 4 is 27.3 Å². The molecule has 0 saturated carbocycles. The second-order valence-corrected chi connectivity index (χ2v) is 6.86. The molecule has 1 aromatic rings. The van der Waals surface area contributed by atoms with E-state index >= 15 is 0 Å². The van der Waals surface area contributed by atoms with Gasteiger partial charge in [0.1, 0.15) is 5.82 Å². The lowest BCUT2D eigenvalue weighted by molar-refractivity contribution is -0.123. The summed E-state index contributed by atoms with van der Waals surface area (Å²) in [6, 6.07) is 3.62. The van der Waals surface area contributed by atoms with Crippen LogP contribution < -0.4 is 15.8 Å². The van der Waals surface area contributed by atoms with Gasteiger partial charge in [0.25, 0.3) is 0 Å². The average Bonchev–Trinajstić information content (AvgIpc) is 2.31. The third kappa shape index (κ3) is 4.46. The summed E-state index contributed by atoms with van der Waals surface area (Å²) in [6.45, 7) is 3.48. The lowest BCUT2D eigenvalue weighted by Gasteiger charge is -2.21. The van der Waals surface area contributed by atoms with Gasteiger partial charge in [-0.2, -0.15) is 0 Å². The van der Waals surface area contributed by atoms with E-state index in [0.29, 0.717) is 0 Å². The zero-order valence-electron chi connectivity index (χ0n) is 11.5. The Balaban J connectivity index is 2.99. The van der Waals surface area contributed by atoms with Crippen molar-refractivity contribution in [3.8, 4) is 0 Å². The normalized spacial score (nSPS) is 12.1. The maximum Gasteiger partial charge on any atom is 0.231 e. The zero-order valence-corrected chi connectivity index (χ0v) is 12.3. The minimum atomic E-state index is -3.60. The maximum absolute atomic E-state index is 13.5. The molecular weight excluding hydrogens is 285 g/mol. The van der Waals surface area contributed by atoms with Crippen LogP contribution in [0.5, 0.6) is 0 Å². The monoisotopic (exact) mass is 303 g/mol. The fraction of sp³-hybridized carbons (Fsp3) is 0.417. The van der Waals surface area contributed by atoms with Gasteiger partial charge in [-0.3, -0.25) is 9.52 Å². The third-order valence-corrected chi connectivity index (χ3v) is 3.24. The molecule has 6 nitrogen and oxygen atoms in total. The molecule has 0 radical (unpaired) electrons. The summed E-state index contributed by atoms with van der Waals surface area (Å²) in [4.78, 5) is 11.9. The molecule has 0 aromatic heterocycles. The molecule has 0 saturated heterocycles. The first-order valence-corrected chi connectivity index (χ1v) is 7.73. The van der Waals surface area contributed by atoms with Crippen LogP contribution in [0.2, 0.25) is 0 Å². The molecule has 1 amide bonds. The van der Waals surface area contributed by atoms with Crippen LogP contribution >= 0.6 is 0 Å². The second-order valence-electron chi connectivity index (χ2n) is 5.11. The molecule has 0 aliphatic heterocycles. The minimum Gasteiger partial charge on any atom is -0.329 e. The molecule has 0 aliphatic carbocycles. The summed E-state index contributed by atoms with van der Waals surface area (Å²) in [5, 5.41) is 2.57. The van der Waals surface area contributed by atoms with E-state index in [4.69, 9.17) is 5.73 Å². The Morgan fingerprint density at radius 1 is 1.40 bits per heavy atom. The molecule has 0 bridgehead atoms. The lowest BCUT2D eigenvalue weighted by atomic mass is 9.92. The zero-order chi connectivity index (χ0) is 15.6. The quantitative estimate of drug-likeness (QED) is 0.758. The smallest absolute Gasteiger partial charge is 0.231 e. The van der Waals surface area contributed by atoms with E-state index in [-0.39, 0.29) is 23.8 Å². The van der Waals surface area contributed by atoms with Crippen LogP contribution in [-0.4, -0.2) is 27.1 Å². The first-order valence-electron chi connectivity index (χ1n) is 5.84. The first kappa shape index (κ1) is 16.4. The van der Waals surface area contributed by atoms with E-state index < -0.39 is 21.3 Å². The standard InChI is InChI=1S/C12H18FN3O3S/c1-12(2,7-14)11(17)15-8-4-5-9(13)10(6-8)16-20(3,18)19/h4-6,16H,7,14H2,1-3H3,(H,15,17). The fourth-order valence-corrected chi connectivity index (χ4v) is 1.83. The number of anilines is 2. The minimum absolute atomic E-state index is 0.147. The number of nitrogens with two attached hydrogens (primary N) is 1. The van der Waals surface area contributed by atoms with E-state index in [2.05, 4.69) is 5.32 Å². The lowest BCUT2D eigenvalue weighted by Crippen LogP contribution is -2.37. The first-order chi connectivity index (χ1) is 9.05. The summed E-state index contributed by atoms with van der Waals surface area (Å²) < 4.78 is 37.7. The number of benzene rings is 1. The van der Waals surface area contributed by atoms with Crippen molar-refractivity contribution in [1.82, 2.24) is 0 Å². The fourth-order valence-electron chi connectivity index (χ4n) is 1.27. The summed E-state index contributed by atoms with van der Waals surface area (Å²) in [5.74, 6) is -1.07. The SMILES string of the molecule is CC(C)(CN)C(=O)Nc1ccc(F)c(NS(C)(=O)=O)c1. The van der Waals surface area contributed by atoms with E-state index in [9.17, 15) is 17.6 Å². The van der Waals surface area contributed by atoms with E-state index in [1.54, 1.807) is 13.8 Å². The molecule has 0 fully saturated rings. The van der Waals surface area contributed by atoms with Crippen LogP contribution in [0.1, 0.15) is 13.8 Å². The highest BCUT2D eigenvalue weighted by atomic mass is 32.2. The molecule has 0 heterocycles. The van der Waals surface area contributed by atoms with Gasteiger partial charge in [-0.25, -0.2) is 12.8 Å². The molecule has 4 N–H and O–H groups in total. The third-order valence-electron chi connectivity index (χ3n) is 2.64. The Kier molecular flexibility index (Phi) is 4.72. The Hall–Kier alpha value is -1.67. The highest BCUT2D eigenvalue weighted by Gasteiger charge is 2.26.